The Hall–Kier alpha value is -1.82. The summed E-state index contributed by atoms with van der Waals surface area (Å²) in [5.74, 6) is -0.486. The van der Waals surface area contributed by atoms with E-state index in [1.807, 2.05) is 6.92 Å². The summed E-state index contributed by atoms with van der Waals surface area (Å²) in [4.78, 5) is 25.5. The van der Waals surface area contributed by atoms with Crippen LogP contribution in [0.3, 0.4) is 0 Å². The van der Waals surface area contributed by atoms with E-state index in [2.05, 4.69) is 11.8 Å². The highest BCUT2D eigenvalue weighted by atomic mass is 19.1. The standard InChI is InChI=1S/C12H15F2N.C8H13NO2/c1-2-15-6-5-9(8-15)11-4-3-10(13)7-12(11)14;1-2-8(11)7-4-3-5-9(7)6-10/h3-4,7,9H,2,5-6,8H2,1H3;6-7H,2-5H2,1H3. The van der Waals surface area contributed by atoms with Gasteiger partial charge in [-0.2, -0.15) is 0 Å². The first kappa shape index (κ1) is 20.5. The van der Waals surface area contributed by atoms with Gasteiger partial charge in [-0.1, -0.05) is 19.9 Å². The van der Waals surface area contributed by atoms with E-state index in [0.29, 0.717) is 12.0 Å². The largest absolute Gasteiger partial charge is 0.335 e. The van der Waals surface area contributed by atoms with Crippen LogP contribution in [-0.4, -0.2) is 54.2 Å². The van der Waals surface area contributed by atoms with E-state index in [0.717, 1.165) is 57.9 Å². The normalized spacial score (nSPS) is 22.8. The van der Waals surface area contributed by atoms with Crippen molar-refractivity contribution in [1.29, 1.82) is 0 Å². The van der Waals surface area contributed by atoms with Crippen LogP contribution in [0.4, 0.5) is 8.78 Å². The average molecular weight is 366 g/mol. The molecule has 2 heterocycles. The Bertz CT molecular complexity index is 624. The van der Waals surface area contributed by atoms with Crippen molar-refractivity contribution in [3.8, 4) is 0 Å². The van der Waals surface area contributed by atoms with Crippen LogP contribution in [0.25, 0.3) is 0 Å². The summed E-state index contributed by atoms with van der Waals surface area (Å²) in [6, 6.07) is 3.78. The lowest BCUT2D eigenvalue weighted by molar-refractivity contribution is -0.129. The van der Waals surface area contributed by atoms with Crippen LogP contribution in [0, 0.1) is 11.6 Å². The number of amides is 1. The summed E-state index contributed by atoms with van der Waals surface area (Å²) >= 11 is 0. The number of nitrogens with zero attached hydrogens (tertiary/aromatic N) is 2. The molecule has 4 nitrogen and oxygen atoms in total. The molecule has 144 valence electrons. The summed E-state index contributed by atoms with van der Waals surface area (Å²) in [6.07, 6.45) is 4.11. The number of halogens is 2. The van der Waals surface area contributed by atoms with Crippen LogP contribution in [0.2, 0.25) is 0 Å². The fourth-order valence-corrected chi connectivity index (χ4v) is 3.70. The monoisotopic (exact) mass is 366 g/mol. The second-order valence-electron chi connectivity index (χ2n) is 6.87. The second kappa shape index (κ2) is 9.76. The quantitative estimate of drug-likeness (QED) is 0.751. The van der Waals surface area contributed by atoms with Crippen LogP contribution >= 0.6 is 0 Å². The Labute approximate surface area is 154 Å². The van der Waals surface area contributed by atoms with Gasteiger partial charge in [-0.25, -0.2) is 8.78 Å². The molecule has 2 aliphatic rings. The molecule has 0 saturated carbocycles. The molecule has 2 atom stereocenters. The summed E-state index contributed by atoms with van der Waals surface area (Å²) in [7, 11) is 0. The Kier molecular flexibility index (Phi) is 7.69. The third kappa shape index (κ3) is 5.10. The number of Topliss-reactive ketones (excluding diaryl/α,β-unsaturated/α-hetero) is 1. The van der Waals surface area contributed by atoms with Gasteiger partial charge in [0.1, 0.15) is 11.6 Å². The lowest BCUT2D eigenvalue weighted by atomic mass is 9.98. The molecule has 1 aromatic rings. The maximum atomic E-state index is 13.5. The van der Waals surface area contributed by atoms with Crippen molar-refractivity contribution >= 4 is 12.2 Å². The van der Waals surface area contributed by atoms with E-state index in [9.17, 15) is 18.4 Å². The fraction of sp³-hybridized carbons (Fsp3) is 0.600. The highest BCUT2D eigenvalue weighted by Crippen LogP contribution is 2.29. The number of likely N-dealkylation sites (tertiary alicyclic amines) is 2. The number of rotatable bonds is 5. The van der Waals surface area contributed by atoms with Crippen LogP contribution in [0.15, 0.2) is 18.2 Å². The van der Waals surface area contributed by atoms with Crippen molar-refractivity contribution in [2.45, 2.75) is 51.5 Å². The van der Waals surface area contributed by atoms with E-state index >= 15 is 0 Å². The topological polar surface area (TPSA) is 40.6 Å². The lowest BCUT2D eigenvalue weighted by Crippen LogP contribution is -2.34. The minimum atomic E-state index is -0.499. The molecule has 3 rings (SSSR count). The molecule has 1 aromatic carbocycles. The van der Waals surface area contributed by atoms with Gasteiger partial charge in [0, 0.05) is 31.5 Å². The second-order valence-corrected chi connectivity index (χ2v) is 6.87. The first-order chi connectivity index (χ1) is 12.5. The number of ketones is 1. The van der Waals surface area contributed by atoms with Crippen LogP contribution < -0.4 is 0 Å². The number of carbonyl (C=O) groups excluding carboxylic acids is 2. The van der Waals surface area contributed by atoms with Gasteiger partial charge in [0.15, 0.2) is 5.78 Å². The van der Waals surface area contributed by atoms with Crippen molar-refractivity contribution in [2.75, 3.05) is 26.2 Å². The van der Waals surface area contributed by atoms with Gasteiger partial charge < -0.3 is 9.80 Å². The summed E-state index contributed by atoms with van der Waals surface area (Å²) in [6.45, 7) is 7.59. The van der Waals surface area contributed by atoms with Crippen molar-refractivity contribution in [3.05, 3.63) is 35.4 Å². The number of benzene rings is 1. The summed E-state index contributed by atoms with van der Waals surface area (Å²) in [5, 5.41) is 0. The molecule has 2 aliphatic heterocycles. The highest BCUT2D eigenvalue weighted by molar-refractivity contribution is 5.85. The van der Waals surface area contributed by atoms with Crippen molar-refractivity contribution < 1.29 is 18.4 Å². The third-order valence-corrected chi connectivity index (χ3v) is 5.27. The van der Waals surface area contributed by atoms with Gasteiger partial charge in [-0.15, -0.1) is 0 Å². The van der Waals surface area contributed by atoms with Crippen molar-refractivity contribution in [2.24, 2.45) is 0 Å². The van der Waals surface area contributed by atoms with Gasteiger partial charge in [-0.05, 0) is 44.0 Å². The number of hydrogen-bond donors (Lipinski definition) is 0. The smallest absolute Gasteiger partial charge is 0.210 e. The van der Waals surface area contributed by atoms with Gasteiger partial charge in [0.25, 0.3) is 0 Å². The Morgan fingerprint density at radius 3 is 2.58 bits per heavy atom. The van der Waals surface area contributed by atoms with Crippen LogP contribution in [0.5, 0.6) is 0 Å². The van der Waals surface area contributed by atoms with Crippen molar-refractivity contribution in [1.82, 2.24) is 9.80 Å². The molecule has 1 amide bonds. The van der Waals surface area contributed by atoms with Gasteiger partial charge in [-0.3, -0.25) is 9.59 Å². The summed E-state index contributed by atoms with van der Waals surface area (Å²) < 4.78 is 26.2. The lowest BCUT2D eigenvalue weighted by Gasteiger charge is -2.17. The van der Waals surface area contributed by atoms with E-state index in [-0.39, 0.29) is 17.7 Å². The van der Waals surface area contributed by atoms with Crippen LogP contribution in [0.1, 0.15) is 51.0 Å². The molecule has 2 fully saturated rings. The first-order valence-electron chi connectivity index (χ1n) is 9.41. The molecular weight excluding hydrogens is 338 g/mol. The van der Waals surface area contributed by atoms with Crippen molar-refractivity contribution in [3.63, 3.8) is 0 Å². The van der Waals surface area contributed by atoms with E-state index < -0.39 is 11.6 Å². The molecule has 2 saturated heterocycles. The summed E-state index contributed by atoms with van der Waals surface area (Å²) in [5.41, 5.74) is 0.660. The Morgan fingerprint density at radius 2 is 2.00 bits per heavy atom. The molecule has 0 aliphatic carbocycles. The number of hydrogen-bond acceptors (Lipinski definition) is 3. The molecule has 0 radical (unpaired) electrons. The molecular formula is C20H28F2N2O2. The molecule has 26 heavy (non-hydrogen) atoms. The minimum Gasteiger partial charge on any atom is -0.335 e. The fourth-order valence-electron chi connectivity index (χ4n) is 3.70. The molecule has 6 heteroatoms. The molecule has 0 aromatic heterocycles. The maximum Gasteiger partial charge on any atom is 0.210 e. The predicted molar refractivity (Wildman–Crippen MR) is 96.9 cm³/mol. The SMILES string of the molecule is CCC(=O)C1CCCN1C=O.CCN1CCC(c2ccc(F)cc2F)C1. The molecule has 2 unspecified atom stereocenters. The van der Waals surface area contributed by atoms with Gasteiger partial charge in [0.2, 0.25) is 6.41 Å². The molecule has 0 N–H and O–H groups in total. The first-order valence-corrected chi connectivity index (χ1v) is 9.41. The zero-order valence-electron chi connectivity index (χ0n) is 15.6. The van der Waals surface area contributed by atoms with E-state index in [4.69, 9.17) is 0 Å². The Balaban J connectivity index is 0.000000197. The molecule has 0 bridgehead atoms. The number of likely N-dealkylation sites (N-methyl/N-ethyl adjacent to an activating group) is 1. The van der Waals surface area contributed by atoms with Crippen LogP contribution in [-0.2, 0) is 9.59 Å². The zero-order valence-corrected chi connectivity index (χ0v) is 15.6. The third-order valence-electron chi connectivity index (χ3n) is 5.27. The predicted octanol–water partition coefficient (Wildman–Crippen LogP) is 3.36. The number of carbonyl (C=O) groups is 2. The molecule has 0 spiro atoms. The zero-order chi connectivity index (χ0) is 19.1. The average Bonchev–Trinajstić information content (AvgIpc) is 3.30. The van der Waals surface area contributed by atoms with E-state index in [1.165, 1.54) is 6.07 Å². The van der Waals surface area contributed by atoms with Gasteiger partial charge >= 0.3 is 0 Å². The highest BCUT2D eigenvalue weighted by Gasteiger charge is 2.27. The van der Waals surface area contributed by atoms with E-state index in [1.54, 1.807) is 11.0 Å². The Morgan fingerprint density at radius 1 is 1.23 bits per heavy atom. The maximum absolute atomic E-state index is 13.5. The van der Waals surface area contributed by atoms with Gasteiger partial charge in [0.05, 0.1) is 6.04 Å². The minimum absolute atomic E-state index is 0.113.